The minimum absolute atomic E-state index is 0.284. The molecule has 1 rings (SSSR count). The third-order valence-corrected chi connectivity index (χ3v) is 1.94. The number of carbonyl (C=O) groups excluding carboxylic acids is 1. The summed E-state index contributed by atoms with van der Waals surface area (Å²) in [7, 11) is 0. The van der Waals surface area contributed by atoms with Crippen molar-refractivity contribution in [3.63, 3.8) is 0 Å². The molecule has 0 spiro atoms. The molecule has 0 radical (unpaired) electrons. The molecule has 0 saturated carbocycles. The molecule has 0 aliphatic carbocycles. The molecular weight excluding hydrogens is 247 g/mol. The molecule has 6 heteroatoms. The predicted molar refractivity (Wildman–Crippen MR) is 58.7 cm³/mol. The molecule has 0 bridgehead atoms. The fourth-order valence-corrected chi connectivity index (χ4v) is 1.18. The monoisotopic (exact) mass is 257 g/mol. The van der Waals surface area contributed by atoms with Crippen molar-refractivity contribution in [2.75, 3.05) is 13.2 Å². The highest BCUT2D eigenvalue weighted by molar-refractivity contribution is 5.94. The van der Waals surface area contributed by atoms with Crippen molar-refractivity contribution in [1.29, 1.82) is 0 Å². The van der Waals surface area contributed by atoms with Crippen LogP contribution in [0.3, 0.4) is 0 Å². The third kappa shape index (κ3) is 4.11. The van der Waals surface area contributed by atoms with Crippen LogP contribution >= 0.6 is 0 Å². The van der Waals surface area contributed by atoms with Crippen molar-refractivity contribution in [3.8, 4) is 11.8 Å². The van der Waals surface area contributed by atoms with E-state index >= 15 is 0 Å². The number of rotatable bonds is 3. The fraction of sp³-hybridized carbons (Fsp3) is 0.250. The lowest BCUT2D eigenvalue weighted by Gasteiger charge is -2.05. The molecule has 0 heterocycles. The number of aliphatic hydroxyl groups excluding tert-OH is 1. The van der Waals surface area contributed by atoms with Crippen LogP contribution in [0, 0.1) is 17.7 Å². The number of hydrogen-bond donors (Lipinski definition) is 2. The van der Waals surface area contributed by atoms with Crippen LogP contribution in [0.15, 0.2) is 18.2 Å². The molecule has 0 atom stereocenters. The summed E-state index contributed by atoms with van der Waals surface area (Å²) in [5.41, 5.74) is -0.0443. The zero-order valence-electron chi connectivity index (χ0n) is 9.21. The number of nitrogens with one attached hydrogen (secondary N) is 1. The maximum atomic E-state index is 13.5. The number of hydrogen-bond acceptors (Lipinski definition) is 2. The summed E-state index contributed by atoms with van der Waals surface area (Å²) in [6, 6.07) is 3.51. The van der Waals surface area contributed by atoms with Crippen LogP contribution in [0.25, 0.3) is 0 Å². The van der Waals surface area contributed by atoms with E-state index in [1.54, 1.807) is 0 Å². The molecule has 96 valence electrons. The highest BCUT2D eigenvalue weighted by Gasteiger charge is 2.13. The Morgan fingerprint density at radius 3 is 2.72 bits per heavy atom. The molecule has 3 nitrogen and oxygen atoms in total. The van der Waals surface area contributed by atoms with Gasteiger partial charge in [0.1, 0.15) is 12.4 Å². The number of benzene rings is 1. The summed E-state index contributed by atoms with van der Waals surface area (Å²) in [5.74, 6) is 3.02. The van der Waals surface area contributed by atoms with Crippen LogP contribution < -0.4 is 5.32 Å². The lowest BCUT2D eigenvalue weighted by Crippen LogP contribution is -2.29. The Morgan fingerprint density at radius 1 is 1.44 bits per heavy atom. The van der Waals surface area contributed by atoms with E-state index in [4.69, 9.17) is 5.11 Å². The van der Waals surface area contributed by atoms with E-state index in [-0.39, 0.29) is 17.7 Å². The van der Waals surface area contributed by atoms with Crippen molar-refractivity contribution in [2.24, 2.45) is 0 Å². The highest BCUT2D eigenvalue weighted by atomic mass is 19.3. The number of alkyl halides is 2. The molecule has 0 unspecified atom stereocenters. The first-order chi connectivity index (χ1) is 8.54. The van der Waals surface area contributed by atoms with Gasteiger partial charge in [-0.25, -0.2) is 13.2 Å². The zero-order valence-corrected chi connectivity index (χ0v) is 9.21. The van der Waals surface area contributed by atoms with Crippen molar-refractivity contribution < 1.29 is 23.1 Å². The summed E-state index contributed by atoms with van der Waals surface area (Å²) in [4.78, 5) is 11.3. The van der Waals surface area contributed by atoms with Gasteiger partial charge in [0.25, 0.3) is 12.3 Å². The quantitative estimate of drug-likeness (QED) is 0.798. The van der Waals surface area contributed by atoms with E-state index in [9.17, 15) is 18.0 Å². The van der Waals surface area contributed by atoms with E-state index in [1.807, 2.05) is 5.32 Å². The van der Waals surface area contributed by atoms with Gasteiger partial charge in [-0.3, -0.25) is 4.79 Å². The van der Waals surface area contributed by atoms with Crippen LogP contribution in [0.5, 0.6) is 0 Å². The Morgan fingerprint density at radius 2 is 2.17 bits per heavy atom. The molecule has 0 aromatic heterocycles. The van der Waals surface area contributed by atoms with Crippen LogP contribution in [0.2, 0.25) is 0 Å². The average molecular weight is 257 g/mol. The van der Waals surface area contributed by atoms with Crippen LogP contribution in [-0.4, -0.2) is 30.6 Å². The molecule has 0 fully saturated rings. The Hall–Kier alpha value is -2.00. The van der Waals surface area contributed by atoms with Crippen molar-refractivity contribution in [2.45, 2.75) is 6.43 Å². The first kappa shape index (κ1) is 14.1. The second-order valence-corrected chi connectivity index (χ2v) is 3.26. The SMILES string of the molecule is O=C(NCC(F)F)c1ccc(C#CCO)cc1F. The van der Waals surface area contributed by atoms with Crippen LogP contribution in [-0.2, 0) is 0 Å². The third-order valence-electron chi connectivity index (χ3n) is 1.94. The summed E-state index contributed by atoms with van der Waals surface area (Å²) >= 11 is 0. The summed E-state index contributed by atoms with van der Waals surface area (Å²) in [5, 5.41) is 10.4. The molecular formula is C12H10F3NO2. The maximum absolute atomic E-state index is 13.5. The van der Waals surface area contributed by atoms with Gasteiger partial charge in [0, 0.05) is 5.56 Å². The summed E-state index contributed by atoms with van der Waals surface area (Å²) in [6.07, 6.45) is -2.69. The second kappa shape index (κ2) is 6.67. The van der Waals surface area contributed by atoms with Gasteiger partial charge >= 0.3 is 0 Å². The van der Waals surface area contributed by atoms with E-state index in [1.165, 1.54) is 6.07 Å². The highest BCUT2D eigenvalue weighted by Crippen LogP contribution is 2.10. The smallest absolute Gasteiger partial charge is 0.255 e. The van der Waals surface area contributed by atoms with Gasteiger partial charge < -0.3 is 10.4 Å². The zero-order chi connectivity index (χ0) is 13.5. The van der Waals surface area contributed by atoms with E-state index in [2.05, 4.69) is 11.8 Å². The lowest BCUT2D eigenvalue weighted by atomic mass is 10.1. The first-order valence-electron chi connectivity index (χ1n) is 5.00. The predicted octanol–water partition coefficient (Wildman–Crippen LogP) is 1.16. The maximum Gasteiger partial charge on any atom is 0.255 e. The van der Waals surface area contributed by atoms with Crippen LogP contribution in [0.4, 0.5) is 13.2 Å². The Kier molecular flexibility index (Phi) is 5.21. The summed E-state index contributed by atoms with van der Waals surface area (Å²) < 4.78 is 37.2. The molecule has 1 amide bonds. The van der Waals surface area contributed by atoms with Gasteiger partial charge in [0.2, 0.25) is 0 Å². The molecule has 1 aromatic carbocycles. The Balaban J connectivity index is 2.82. The van der Waals surface area contributed by atoms with E-state index in [0.717, 1.165) is 12.1 Å². The minimum Gasteiger partial charge on any atom is -0.384 e. The molecule has 2 N–H and O–H groups in total. The lowest BCUT2D eigenvalue weighted by molar-refractivity contribution is 0.0888. The molecule has 1 aromatic rings. The number of amides is 1. The fourth-order valence-electron chi connectivity index (χ4n) is 1.18. The number of carbonyl (C=O) groups is 1. The van der Waals surface area contributed by atoms with Gasteiger partial charge in [-0.15, -0.1) is 0 Å². The standard InChI is InChI=1S/C12H10F3NO2/c13-10-6-8(2-1-5-17)3-4-9(10)12(18)16-7-11(14)15/h3-4,6,11,17H,5,7H2,(H,16,18). The number of aliphatic hydroxyl groups is 1. The van der Waals surface area contributed by atoms with Gasteiger partial charge in [0.05, 0.1) is 12.1 Å². The van der Waals surface area contributed by atoms with Crippen molar-refractivity contribution in [3.05, 3.63) is 35.1 Å². The molecule has 18 heavy (non-hydrogen) atoms. The second-order valence-electron chi connectivity index (χ2n) is 3.26. The largest absolute Gasteiger partial charge is 0.384 e. The minimum atomic E-state index is -2.69. The van der Waals surface area contributed by atoms with Gasteiger partial charge in [-0.05, 0) is 18.2 Å². The Labute approximate surface area is 102 Å². The molecule has 0 saturated heterocycles. The Bertz CT molecular complexity index is 492. The molecule has 0 aliphatic heterocycles. The van der Waals surface area contributed by atoms with E-state index in [0.29, 0.717) is 0 Å². The van der Waals surface area contributed by atoms with Crippen LogP contribution in [0.1, 0.15) is 15.9 Å². The van der Waals surface area contributed by atoms with Gasteiger partial charge in [-0.2, -0.15) is 0 Å². The van der Waals surface area contributed by atoms with E-state index < -0.39 is 24.7 Å². The first-order valence-corrected chi connectivity index (χ1v) is 5.00. The van der Waals surface area contributed by atoms with Gasteiger partial charge in [0.15, 0.2) is 0 Å². The van der Waals surface area contributed by atoms with Crippen molar-refractivity contribution in [1.82, 2.24) is 5.32 Å². The topological polar surface area (TPSA) is 49.3 Å². The number of halogens is 3. The van der Waals surface area contributed by atoms with Gasteiger partial charge in [-0.1, -0.05) is 11.8 Å². The molecule has 0 aliphatic rings. The normalized spacial score (nSPS) is 9.83. The van der Waals surface area contributed by atoms with Crippen molar-refractivity contribution >= 4 is 5.91 Å². The average Bonchev–Trinajstić information content (AvgIpc) is 2.33. The summed E-state index contributed by atoms with van der Waals surface area (Å²) in [6.45, 7) is -1.19.